The summed E-state index contributed by atoms with van der Waals surface area (Å²) in [5.41, 5.74) is 1.15. The molecule has 0 spiro atoms. The van der Waals surface area contributed by atoms with E-state index in [0.717, 1.165) is 11.3 Å². The van der Waals surface area contributed by atoms with Gasteiger partial charge in [0.1, 0.15) is 0 Å². The van der Waals surface area contributed by atoms with E-state index in [1.54, 1.807) is 0 Å². The van der Waals surface area contributed by atoms with Crippen LogP contribution in [0.5, 0.6) is 0 Å². The summed E-state index contributed by atoms with van der Waals surface area (Å²) in [6.45, 7) is 0. The summed E-state index contributed by atoms with van der Waals surface area (Å²) in [5.74, 6) is 0.943. The highest BCUT2D eigenvalue weighted by Crippen LogP contribution is 2.29. The van der Waals surface area contributed by atoms with E-state index in [-0.39, 0.29) is 6.04 Å². The molecule has 0 heterocycles. The van der Waals surface area contributed by atoms with E-state index in [0.29, 0.717) is 10.0 Å². The molecule has 1 nitrogen and oxygen atoms in total. The average Bonchev–Trinajstić information content (AvgIpc) is 2.44. The van der Waals surface area contributed by atoms with Crippen LogP contribution in [0.3, 0.4) is 0 Å². The third-order valence-electron chi connectivity index (χ3n) is 2.85. The first-order valence-electron chi connectivity index (χ1n) is 6.01. The van der Waals surface area contributed by atoms with Gasteiger partial charge in [-0.15, -0.1) is 11.8 Å². The first-order chi connectivity index (χ1) is 9.20. The summed E-state index contributed by atoms with van der Waals surface area (Å²) in [5, 5.41) is 4.51. The molecule has 0 aliphatic carbocycles. The lowest BCUT2D eigenvalue weighted by Gasteiger charge is -2.17. The Kier molecular flexibility index (Phi) is 5.59. The molecule has 100 valence electrons. The topological polar surface area (TPSA) is 12.0 Å². The SMILES string of the molecule is CNC(CSc1ccccc1)c1ccc(Cl)c(Cl)c1. The molecule has 2 aromatic carbocycles. The van der Waals surface area contributed by atoms with Crippen molar-refractivity contribution in [3.8, 4) is 0 Å². The minimum atomic E-state index is 0.250. The fourth-order valence-corrected chi connectivity index (χ4v) is 3.15. The first kappa shape index (κ1) is 14.7. The van der Waals surface area contributed by atoms with Gasteiger partial charge in [-0.25, -0.2) is 0 Å². The van der Waals surface area contributed by atoms with Crippen molar-refractivity contribution in [2.75, 3.05) is 12.8 Å². The molecule has 0 aromatic heterocycles. The van der Waals surface area contributed by atoms with Gasteiger partial charge >= 0.3 is 0 Å². The second-order valence-electron chi connectivity index (χ2n) is 4.14. The van der Waals surface area contributed by atoms with Crippen molar-refractivity contribution in [3.63, 3.8) is 0 Å². The molecule has 2 rings (SSSR count). The average molecular weight is 312 g/mol. The zero-order valence-electron chi connectivity index (χ0n) is 10.6. The Labute approximate surface area is 128 Å². The zero-order valence-corrected chi connectivity index (χ0v) is 12.9. The Balaban J connectivity index is 2.05. The van der Waals surface area contributed by atoms with Crippen LogP contribution in [0, 0.1) is 0 Å². The minimum absolute atomic E-state index is 0.250. The maximum absolute atomic E-state index is 6.07. The van der Waals surface area contributed by atoms with Gasteiger partial charge in [0.15, 0.2) is 0 Å². The molecule has 0 bridgehead atoms. The third kappa shape index (κ3) is 4.15. The summed E-state index contributed by atoms with van der Waals surface area (Å²) in [7, 11) is 1.96. The number of rotatable bonds is 5. The normalized spacial score (nSPS) is 12.4. The number of halogens is 2. The van der Waals surface area contributed by atoms with Gasteiger partial charge < -0.3 is 5.32 Å². The van der Waals surface area contributed by atoms with Gasteiger partial charge in [-0.3, -0.25) is 0 Å². The highest BCUT2D eigenvalue weighted by Gasteiger charge is 2.11. The molecule has 0 aliphatic rings. The van der Waals surface area contributed by atoms with Crippen LogP contribution < -0.4 is 5.32 Å². The van der Waals surface area contributed by atoms with Crippen LogP contribution in [0.2, 0.25) is 10.0 Å². The van der Waals surface area contributed by atoms with Crippen LogP contribution in [-0.2, 0) is 0 Å². The van der Waals surface area contributed by atoms with Crippen molar-refractivity contribution in [1.82, 2.24) is 5.32 Å². The molecule has 0 aliphatic heterocycles. The van der Waals surface area contributed by atoms with Crippen LogP contribution in [0.4, 0.5) is 0 Å². The smallest absolute Gasteiger partial charge is 0.0595 e. The van der Waals surface area contributed by atoms with Gasteiger partial charge in [0, 0.05) is 16.7 Å². The summed E-state index contributed by atoms with van der Waals surface area (Å²) in [6.07, 6.45) is 0. The van der Waals surface area contributed by atoms with Crippen LogP contribution in [0.1, 0.15) is 11.6 Å². The van der Waals surface area contributed by atoms with Crippen LogP contribution in [0.15, 0.2) is 53.4 Å². The standard InChI is InChI=1S/C15H15Cl2NS/c1-18-15(10-19-12-5-3-2-4-6-12)11-7-8-13(16)14(17)9-11/h2-9,15,18H,10H2,1H3. The monoisotopic (exact) mass is 311 g/mol. The number of thioether (sulfide) groups is 1. The lowest BCUT2D eigenvalue weighted by molar-refractivity contribution is 0.662. The molecule has 0 saturated heterocycles. The zero-order chi connectivity index (χ0) is 13.7. The Morgan fingerprint density at radius 3 is 2.42 bits per heavy atom. The molecule has 1 N–H and O–H groups in total. The fourth-order valence-electron chi connectivity index (χ4n) is 1.77. The Hall–Kier alpha value is -0.670. The van der Waals surface area contributed by atoms with Crippen molar-refractivity contribution in [2.45, 2.75) is 10.9 Å². The molecule has 0 saturated carbocycles. The molecule has 0 radical (unpaired) electrons. The molecule has 19 heavy (non-hydrogen) atoms. The minimum Gasteiger partial charge on any atom is -0.312 e. The number of hydrogen-bond donors (Lipinski definition) is 1. The Morgan fingerprint density at radius 2 is 1.79 bits per heavy atom. The lowest BCUT2D eigenvalue weighted by Crippen LogP contribution is -2.18. The first-order valence-corrected chi connectivity index (χ1v) is 7.75. The molecule has 1 atom stereocenters. The predicted octanol–water partition coefficient (Wildman–Crippen LogP) is 5.05. The molecule has 0 amide bonds. The van der Waals surface area contributed by atoms with E-state index >= 15 is 0 Å². The summed E-state index contributed by atoms with van der Waals surface area (Å²) in [6, 6.07) is 16.4. The maximum atomic E-state index is 6.07. The summed E-state index contributed by atoms with van der Waals surface area (Å²) < 4.78 is 0. The quantitative estimate of drug-likeness (QED) is 0.776. The van der Waals surface area contributed by atoms with Crippen molar-refractivity contribution < 1.29 is 0 Å². The predicted molar refractivity (Wildman–Crippen MR) is 85.4 cm³/mol. The third-order valence-corrected chi connectivity index (χ3v) is 4.70. The van der Waals surface area contributed by atoms with Gasteiger partial charge in [-0.1, -0.05) is 47.5 Å². The van der Waals surface area contributed by atoms with Crippen molar-refractivity contribution in [3.05, 3.63) is 64.1 Å². The van der Waals surface area contributed by atoms with Gasteiger partial charge in [-0.2, -0.15) is 0 Å². The summed E-state index contributed by atoms with van der Waals surface area (Å²) in [4.78, 5) is 1.27. The molecule has 4 heteroatoms. The largest absolute Gasteiger partial charge is 0.312 e. The van der Waals surface area contributed by atoms with E-state index in [1.807, 2.05) is 43.1 Å². The molecular weight excluding hydrogens is 297 g/mol. The molecule has 2 aromatic rings. The van der Waals surface area contributed by atoms with E-state index in [9.17, 15) is 0 Å². The van der Waals surface area contributed by atoms with Crippen LogP contribution in [-0.4, -0.2) is 12.8 Å². The number of nitrogens with one attached hydrogen (secondary N) is 1. The van der Waals surface area contributed by atoms with Gasteiger partial charge in [0.25, 0.3) is 0 Å². The number of benzene rings is 2. The highest BCUT2D eigenvalue weighted by molar-refractivity contribution is 7.99. The van der Waals surface area contributed by atoms with E-state index < -0.39 is 0 Å². The van der Waals surface area contributed by atoms with Crippen LogP contribution in [0.25, 0.3) is 0 Å². The van der Waals surface area contributed by atoms with Gasteiger partial charge in [0.2, 0.25) is 0 Å². The Bertz CT molecular complexity index is 531. The van der Waals surface area contributed by atoms with Crippen molar-refractivity contribution in [2.24, 2.45) is 0 Å². The van der Waals surface area contributed by atoms with Gasteiger partial charge in [0.05, 0.1) is 10.0 Å². The molecule has 0 fully saturated rings. The van der Waals surface area contributed by atoms with Crippen molar-refractivity contribution >= 4 is 35.0 Å². The summed E-state index contributed by atoms with van der Waals surface area (Å²) >= 11 is 13.8. The van der Waals surface area contributed by atoms with Crippen molar-refractivity contribution in [1.29, 1.82) is 0 Å². The number of hydrogen-bond acceptors (Lipinski definition) is 2. The van der Waals surface area contributed by atoms with E-state index in [2.05, 4.69) is 29.6 Å². The lowest BCUT2D eigenvalue weighted by atomic mass is 10.1. The maximum Gasteiger partial charge on any atom is 0.0595 e. The molecular formula is C15H15Cl2NS. The second kappa shape index (κ2) is 7.20. The van der Waals surface area contributed by atoms with Gasteiger partial charge in [-0.05, 0) is 36.9 Å². The Morgan fingerprint density at radius 1 is 1.05 bits per heavy atom. The second-order valence-corrected chi connectivity index (χ2v) is 6.05. The fraction of sp³-hybridized carbons (Fsp3) is 0.200. The van der Waals surface area contributed by atoms with Crippen LogP contribution >= 0.6 is 35.0 Å². The molecule has 1 unspecified atom stereocenters. The van der Waals surface area contributed by atoms with E-state index in [1.165, 1.54) is 4.90 Å². The highest BCUT2D eigenvalue weighted by atomic mass is 35.5. The van der Waals surface area contributed by atoms with E-state index in [4.69, 9.17) is 23.2 Å².